The van der Waals surface area contributed by atoms with Gasteiger partial charge in [-0.3, -0.25) is 0 Å². The Hall–Kier alpha value is -1.64. The molecule has 1 aliphatic carbocycles. The molecule has 3 heteroatoms. The molecule has 1 nitrogen and oxygen atoms in total. The lowest BCUT2D eigenvalue weighted by Gasteiger charge is -2.27. The highest BCUT2D eigenvalue weighted by molar-refractivity contribution is 5.33. The zero-order valence-corrected chi connectivity index (χ0v) is 16.5. The van der Waals surface area contributed by atoms with Crippen molar-refractivity contribution in [1.29, 1.82) is 0 Å². The molecule has 1 aromatic carbocycles. The lowest BCUT2D eigenvalue weighted by Crippen LogP contribution is -2.14. The summed E-state index contributed by atoms with van der Waals surface area (Å²) in [6, 6.07) is 3.26. The Bertz CT molecular complexity index is 625. The largest absolute Gasteiger partial charge is 0.491 e. The number of rotatable bonds is 7. The van der Waals surface area contributed by atoms with Crippen molar-refractivity contribution >= 4 is 0 Å². The third kappa shape index (κ3) is 5.69. The molecule has 0 saturated heterocycles. The molecule has 0 N–H and O–H groups in total. The molecule has 144 valence electrons. The first-order valence-electron chi connectivity index (χ1n) is 9.89. The molecule has 1 fully saturated rings. The molecule has 1 aliphatic rings. The number of ether oxygens (including phenoxy) is 1. The van der Waals surface area contributed by atoms with Crippen LogP contribution in [0.25, 0.3) is 0 Å². The first-order valence-corrected chi connectivity index (χ1v) is 9.89. The van der Waals surface area contributed by atoms with Crippen molar-refractivity contribution in [2.75, 3.05) is 6.61 Å². The van der Waals surface area contributed by atoms with Crippen LogP contribution in [0.15, 0.2) is 36.4 Å². The van der Waals surface area contributed by atoms with E-state index in [-0.39, 0.29) is 11.7 Å². The molecule has 0 bridgehead atoms. The Kier molecular flexibility index (Phi) is 7.86. The van der Waals surface area contributed by atoms with Gasteiger partial charge in [0.2, 0.25) is 5.82 Å². The van der Waals surface area contributed by atoms with Gasteiger partial charge in [0, 0.05) is 0 Å². The Morgan fingerprint density at radius 1 is 1.00 bits per heavy atom. The summed E-state index contributed by atoms with van der Waals surface area (Å²) >= 11 is 0. The minimum Gasteiger partial charge on any atom is -0.491 e. The summed E-state index contributed by atoms with van der Waals surface area (Å²) in [6.07, 6.45) is 12.9. The van der Waals surface area contributed by atoms with E-state index < -0.39 is 11.6 Å². The fourth-order valence-corrected chi connectivity index (χ4v) is 3.55. The molecule has 0 aliphatic heterocycles. The van der Waals surface area contributed by atoms with Crippen LogP contribution in [0.1, 0.15) is 64.9 Å². The Balaban J connectivity index is 1.93. The van der Waals surface area contributed by atoms with Crippen molar-refractivity contribution in [2.45, 2.75) is 59.3 Å². The van der Waals surface area contributed by atoms with Crippen molar-refractivity contribution in [1.82, 2.24) is 0 Å². The van der Waals surface area contributed by atoms with Gasteiger partial charge in [0.25, 0.3) is 0 Å². The molecule has 0 radical (unpaired) electrons. The van der Waals surface area contributed by atoms with E-state index in [9.17, 15) is 8.78 Å². The van der Waals surface area contributed by atoms with Crippen molar-refractivity contribution < 1.29 is 13.5 Å². The molecule has 2 rings (SSSR count). The van der Waals surface area contributed by atoms with Crippen LogP contribution >= 0.6 is 0 Å². The van der Waals surface area contributed by atoms with E-state index in [1.165, 1.54) is 0 Å². The molecule has 26 heavy (non-hydrogen) atoms. The molecule has 1 aromatic rings. The van der Waals surface area contributed by atoms with Gasteiger partial charge in [-0.2, -0.15) is 4.39 Å². The maximum absolute atomic E-state index is 14.4. The van der Waals surface area contributed by atoms with Gasteiger partial charge in [-0.1, -0.05) is 51.1 Å². The number of benzene rings is 1. The van der Waals surface area contributed by atoms with Crippen LogP contribution in [0, 0.1) is 29.4 Å². The molecule has 0 spiro atoms. The maximum Gasteiger partial charge on any atom is 0.200 e. The second-order valence-corrected chi connectivity index (χ2v) is 7.70. The van der Waals surface area contributed by atoms with Gasteiger partial charge in [-0.25, -0.2) is 4.39 Å². The summed E-state index contributed by atoms with van der Waals surface area (Å²) in [5.74, 6) is 0.0756. The van der Waals surface area contributed by atoms with Crippen molar-refractivity contribution in [2.24, 2.45) is 17.8 Å². The highest BCUT2D eigenvalue weighted by atomic mass is 19.2. The Morgan fingerprint density at radius 2 is 1.69 bits per heavy atom. The van der Waals surface area contributed by atoms with Crippen LogP contribution in [0.3, 0.4) is 0 Å². The summed E-state index contributed by atoms with van der Waals surface area (Å²) in [7, 11) is 0. The van der Waals surface area contributed by atoms with Gasteiger partial charge >= 0.3 is 0 Å². The van der Waals surface area contributed by atoms with Gasteiger partial charge in [0.15, 0.2) is 11.6 Å². The number of hydrogen-bond acceptors (Lipinski definition) is 1. The van der Waals surface area contributed by atoms with Crippen molar-refractivity contribution in [3.05, 3.63) is 53.6 Å². The van der Waals surface area contributed by atoms with Crippen LogP contribution in [0.5, 0.6) is 5.75 Å². The third-order valence-corrected chi connectivity index (χ3v) is 5.07. The second kappa shape index (κ2) is 9.89. The zero-order chi connectivity index (χ0) is 19.1. The number of hydrogen-bond donors (Lipinski definition) is 0. The summed E-state index contributed by atoms with van der Waals surface area (Å²) in [5.41, 5.74) is 0.501. The van der Waals surface area contributed by atoms with E-state index in [4.69, 9.17) is 4.74 Å². The molecule has 0 heterocycles. The van der Waals surface area contributed by atoms with Crippen LogP contribution < -0.4 is 4.74 Å². The van der Waals surface area contributed by atoms with E-state index in [1.54, 1.807) is 19.1 Å². The predicted molar refractivity (Wildman–Crippen MR) is 105 cm³/mol. The quantitative estimate of drug-likeness (QED) is 0.473. The smallest absolute Gasteiger partial charge is 0.200 e. The van der Waals surface area contributed by atoms with E-state index in [2.05, 4.69) is 45.1 Å². The van der Waals surface area contributed by atoms with Gasteiger partial charge in [-0.15, -0.1) is 0 Å². The van der Waals surface area contributed by atoms with Crippen LogP contribution in [-0.2, 0) is 0 Å². The molecule has 1 saturated carbocycles. The lowest BCUT2D eigenvalue weighted by molar-refractivity contribution is 0.310. The highest BCUT2D eigenvalue weighted by Gasteiger charge is 2.25. The predicted octanol–water partition coefficient (Wildman–Crippen LogP) is 7.04. The summed E-state index contributed by atoms with van der Waals surface area (Å²) < 4.78 is 33.6. The van der Waals surface area contributed by atoms with E-state index >= 15 is 0 Å². The van der Waals surface area contributed by atoms with E-state index in [0.717, 1.165) is 25.7 Å². The monoisotopic (exact) mass is 362 g/mol. The summed E-state index contributed by atoms with van der Waals surface area (Å²) in [4.78, 5) is 0. The van der Waals surface area contributed by atoms with Gasteiger partial charge in [-0.05, 0) is 67.9 Å². The first kappa shape index (κ1) is 20.7. The van der Waals surface area contributed by atoms with Crippen molar-refractivity contribution in [3.8, 4) is 5.75 Å². The lowest BCUT2D eigenvalue weighted by atomic mass is 9.78. The maximum atomic E-state index is 14.4. The van der Waals surface area contributed by atoms with Crippen LogP contribution in [-0.4, -0.2) is 6.61 Å². The molecule has 1 unspecified atom stereocenters. The van der Waals surface area contributed by atoms with Crippen LogP contribution in [0.2, 0.25) is 0 Å². The average Bonchev–Trinajstić information content (AvgIpc) is 2.63. The minimum atomic E-state index is -0.850. The summed E-state index contributed by atoms with van der Waals surface area (Å²) in [5, 5.41) is 0. The molecule has 0 amide bonds. The van der Waals surface area contributed by atoms with Crippen molar-refractivity contribution in [3.63, 3.8) is 0 Å². The van der Waals surface area contributed by atoms with Crippen LogP contribution in [0.4, 0.5) is 8.78 Å². The molecule has 1 atom stereocenters. The molecular formula is C23H32F2O. The first-order chi connectivity index (χ1) is 12.4. The topological polar surface area (TPSA) is 9.23 Å². The Labute approximate surface area is 157 Å². The highest BCUT2D eigenvalue weighted by Crippen LogP contribution is 2.39. The summed E-state index contributed by atoms with van der Waals surface area (Å²) in [6.45, 7) is 8.64. The fourth-order valence-electron chi connectivity index (χ4n) is 3.55. The number of halogens is 2. The SMILES string of the molecule is CCOc1ccc(C2CCC(/C=C/C(C)/C=C\C(C)C)CC2)c(F)c1F. The standard InChI is InChI=1S/C23H32F2O/c1-5-26-21-15-14-20(22(24)23(21)25)19-12-10-18(11-13-19)9-8-17(4)7-6-16(2)3/h6-9,14-19H,5,10-13H2,1-4H3/b7-6-,9-8+. The normalized spacial score (nSPS) is 22.4. The average molecular weight is 363 g/mol. The second-order valence-electron chi connectivity index (χ2n) is 7.70. The van der Waals surface area contributed by atoms with E-state index in [1.807, 2.05) is 0 Å². The number of allylic oxidation sites excluding steroid dienone is 4. The van der Waals surface area contributed by atoms with Gasteiger partial charge in [0.1, 0.15) is 0 Å². The third-order valence-electron chi connectivity index (χ3n) is 5.07. The van der Waals surface area contributed by atoms with Gasteiger partial charge < -0.3 is 4.74 Å². The minimum absolute atomic E-state index is 0.00816. The van der Waals surface area contributed by atoms with E-state index in [0.29, 0.717) is 29.9 Å². The zero-order valence-electron chi connectivity index (χ0n) is 16.5. The Morgan fingerprint density at radius 3 is 2.31 bits per heavy atom. The fraction of sp³-hybridized carbons (Fsp3) is 0.565. The molecular weight excluding hydrogens is 330 g/mol. The molecule has 0 aromatic heterocycles. The van der Waals surface area contributed by atoms with Gasteiger partial charge in [0.05, 0.1) is 6.61 Å².